The van der Waals surface area contributed by atoms with Crippen molar-refractivity contribution < 1.29 is 4.74 Å². The number of fused-ring (bicyclic) bond motifs is 1. The fraction of sp³-hybridized carbons (Fsp3) is 0.125. The molecular weight excluding hydrogens is 236 g/mol. The molecule has 0 aliphatic heterocycles. The molecule has 3 aromatic rings. The average Bonchev–Trinajstić information content (AvgIpc) is 2.47. The predicted molar refractivity (Wildman–Crippen MR) is 76.3 cm³/mol. The highest BCUT2D eigenvalue weighted by atomic mass is 16.5. The number of methoxy groups -OCH3 is 1. The van der Waals surface area contributed by atoms with Crippen molar-refractivity contribution in [2.24, 2.45) is 0 Å². The third-order valence-corrected chi connectivity index (χ3v) is 3.13. The largest absolute Gasteiger partial charge is 0.497 e. The van der Waals surface area contributed by atoms with Crippen LogP contribution in [-0.2, 0) is 0 Å². The molecule has 94 valence electrons. The lowest BCUT2D eigenvalue weighted by atomic mass is 10.1. The third kappa shape index (κ3) is 2.15. The van der Waals surface area contributed by atoms with E-state index in [1.807, 2.05) is 55.5 Å². The first-order chi connectivity index (χ1) is 9.28. The number of aromatic nitrogens is 2. The van der Waals surface area contributed by atoms with E-state index in [9.17, 15) is 0 Å². The van der Waals surface area contributed by atoms with Crippen LogP contribution in [0.3, 0.4) is 0 Å². The summed E-state index contributed by atoms with van der Waals surface area (Å²) in [6, 6.07) is 15.9. The summed E-state index contributed by atoms with van der Waals surface area (Å²) in [6.07, 6.45) is 0. The Morgan fingerprint density at radius 2 is 1.74 bits per heavy atom. The first-order valence-electron chi connectivity index (χ1n) is 6.16. The Labute approximate surface area is 111 Å². The van der Waals surface area contributed by atoms with E-state index in [0.29, 0.717) is 0 Å². The molecule has 0 radical (unpaired) electrons. The van der Waals surface area contributed by atoms with Gasteiger partial charge in [-0.05, 0) is 19.1 Å². The average molecular weight is 250 g/mol. The summed E-state index contributed by atoms with van der Waals surface area (Å²) in [5.41, 5.74) is 2.91. The number of aryl methyl sites for hydroxylation is 1. The minimum absolute atomic E-state index is 0.749. The van der Waals surface area contributed by atoms with Gasteiger partial charge in [-0.3, -0.25) is 0 Å². The highest BCUT2D eigenvalue weighted by Gasteiger charge is 2.07. The van der Waals surface area contributed by atoms with Crippen LogP contribution in [-0.4, -0.2) is 17.1 Å². The van der Waals surface area contributed by atoms with E-state index in [1.54, 1.807) is 7.11 Å². The van der Waals surface area contributed by atoms with E-state index in [4.69, 9.17) is 4.74 Å². The summed E-state index contributed by atoms with van der Waals surface area (Å²) in [5, 5.41) is 1.06. The number of nitrogens with zero attached hydrogens (tertiary/aromatic N) is 2. The van der Waals surface area contributed by atoms with Crippen LogP contribution >= 0.6 is 0 Å². The number of hydrogen-bond acceptors (Lipinski definition) is 3. The van der Waals surface area contributed by atoms with Gasteiger partial charge in [0.1, 0.15) is 5.75 Å². The molecule has 0 atom stereocenters. The van der Waals surface area contributed by atoms with Crippen molar-refractivity contribution in [1.29, 1.82) is 0 Å². The minimum Gasteiger partial charge on any atom is -0.497 e. The molecule has 3 nitrogen and oxygen atoms in total. The Balaban J connectivity index is 2.23. The lowest BCUT2D eigenvalue weighted by molar-refractivity contribution is 0.415. The van der Waals surface area contributed by atoms with E-state index >= 15 is 0 Å². The Morgan fingerprint density at radius 3 is 2.47 bits per heavy atom. The molecule has 0 amide bonds. The SMILES string of the molecule is COc1ccc2c(C)nc(-c3ccccc3)nc2c1. The monoisotopic (exact) mass is 250 g/mol. The second kappa shape index (κ2) is 4.69. The van der Waals surface area contributed by atoms with Gasteiger partial charge in [-0.15, -0.1) is 0 Å². The summed E-state index contributed by atoms with van der Waals surface area (Å²) >= 11 is 0. The summed E-state index contributed by atoms with van der Waals surface area (Å²) in [6.45, 7) is 2.00. The van der Waals surface area contributed by atoms with Crippen molar-refractivity contribution in [3.8, 4) is 17.1 Å². The van der Waals surface area contributed by atoms with Gasteiger partial charge in [0.2, 0.25) is 0 Å². The lowest BCUT2D eigenvalue weighted by Crippen LogP contribution is -1.94. The van der Waals surface area contributed by atoms with Crippen LogP contribution < -0.4 is 4.74 Å². The van der Waals surface area contributed by atoms with E-state index in [-0.39, 0.29) is 0 Å². The maximum absolute atomic E-state index is 5.25. The van der Waals surface area contributed by atoms with Crippen molar-refractivity contribution in [3.05, 3.63) is 54.2 Å². The minimum atomic E-state index is 0.749. The van der Waals surface area contributed by atoms with Crippen molar-refractivity contribution in [1.82, 2.24) is 9.97 Å². The first kappa shape index (κ1) is 11.7. The zero-order valence-electron chi connectivity index (χ0n) is 10.9. The van der Waals surface area contributed by atoms with Crippen LogP contribution in [0.25, 0.3) is 22.3 Å². The summed E-state index contributed by atoms with van der Waals surface area (Å²) in [4.78, 5) is 9.20. The van der Waals surface area contributed by atoms with Gasteiger partial charge in [0.05, 0.1) is 12.6 Å². The Bertz CT molecular complexity index is 723. The molecule has 3 rings (SSSR count). The Morgan fingerprint density at radius 1 is 0.947 bits per heavy atom. The molecule has 0 saturated heterocycles. The number of benzene rings is 2. The standard InChI is InChI=1S/C16H14N2O/c1-11-14-9-8-13(19-2)10-15(14)18-16(17-11)12-6-4-3-5-7-12/h3-10H,1-2H3. The zero-order chi connectivity index (χ0) is 13.2. The lowest BCUT2D eigenvalue weighted by Gasteiger charge is -2.07. The van der Waals surface area contributed by atoms with E-state index in [0.717, 1.165) is 33.7 Å². The summed E-state index contributed by atoms with van der Waals surface area (Å²) < 4.78 is 5.25. The molecule has 0 bridgehead atoms. The maximum Gasteiger partial charge on any atom is 0.160 e. The van der Waals surface area contributed by atoms with Gasteiger partial charge in [0, 0.05) is 22.7 Å². The zero-order valence-corrected chi connectivity index (χ0v) is 10.9. The van der Waals surface area contributed by atoms with Crippen molar-refractivity contribution in [2.45, 2.75) is 6.92 Å². The second-order valence-electron chi connectivity index (χ2n) is 4.38. The molecule has 3 heteroatoms. The van der Waals surface area contributed by atoms with Gasteiger partial charge in [-0.25, -0.2) is 9.97 Å². The molecule has 0 spiro atoms. The molecule has 0 fully saturated rings. The van der Waals surface area contributed by atoms with Crippen LogP contribution in [0.15, 0.2) is 48.5 Å². The molecule has 0 aliphatic carbocycles. The van der Waals surface area contributed by atoms with Gasteiger partial charge in [-0.1, -0.05) is 30.3 Å². The third-order valence-electron chi connectivity index (χ3n) is 3.13. The Kier molecular flexibility index (Phi) is 2.88. The van der Waals surface area contributed by atoms with E-state index in [1.165, 1.54) is 0 Å². The smallest absolute Gasteiger partial charge is 0.160 e. The quantitative estimate of drug-likeness (QED) is 0.696. The van der Waals surface area contributed by atoms with Crippen molar-refractivity contribution in [3.63, 3.8) is 0 Å². The highest BCUT2D eigenvalue weighted by molar-refractivity contribution is 5.83. The molecule has 1 aromatic heterocycles. The molecular formula is C16H14N2O. The van der Waals surface area contributed by atoms with E-state index < -0.39 is 0 Å². The van der Waals surface area contributed by atoms with Crippen molar-refractivity contribution >= 4 is 10.9 Å². The fourth-order valence-electron chi connectivity index (χ4n) is 2.11. The number of hydrogen-bond donors (Lipinski definition) is 0. The predicted octanol–water partition coefficient (Wildman–Crippen LogP) is 3.61. The topological polar surface area (TPSA) is 35.0 Å². The van der Waals surface area contributed by atoms with Gasteiger partial charge in [-0.2, -0.15) is 0 Å². The van der Waals surface area contributed by atoms with Gasteiger partial charge in [0.15, 0.2) is 5.82 Å². The molecule has 0 unspecified atom stereocenters. The van der Waals surface area contributed by atoms with Crippen LogP contribution in [0.5, 0.6) is 5.75 Å². The fourth-order valence-corrected chi connectivity index (χ4v) is 2.11. The second-order valence-corrected chi connectivity index (χ2v) is 4.38. The first-order valence-corrected chi connectivity index (χ1v) is 6.16. The van der Waals surface area contributed by atoms with Crippen LogP contribution in [0.2, 0.25) is 0 Å². The van der Waals surface area contributed by atoms with Gasteiger partial charge >= 0.3 is 0 Å². The normalized spacial score (nSPS) is 10.6. The summed E-state index contributed by atoms with van der Waals surface area (Å²) in [7, 11) is 1.66. The van der Waals surface area contributed by atoms with Crippen LogP contribution in [0.4, 0.5) is 0 Å². The molecule has 1 heterocycles. The molecule has 19 heavy (non-hydrogen) atoms. The van der Waals surface area contributed by atoms with Gasteiger partial charge in [0.25, 0.3) is 0 Å². The van der Waals surface area contributed by atoms with Gasteiger partial charge < -0.3 is 4.74 Å². The van der Waals surface area contributed by atoms with Crippen molar-refractivity contribution in [2.75, 3.05) is 7.11 Å². The highest BCUT2D eigenvalue weighted by Crippen LogP contribution is 2.24. The molecule has 0 aliphatic rings. The number of rotatable bonds is 2. The molecule has 2 aromatic carbocycles. The van der Waals surface area contributed by atoms with E-state index in [2.05, 4.69) is 9.97 Å². The summed E-state index contributed by atoms with van der Waals surface area (Å²) in [5.74, 6) is 1.56. The molecule has 0 saturated carbocycles. The van der Waals surface area contributed by atoms with Crippen LogP contribution in [0.1, 0.15) is 5.69 Å². The molecule has 0 N–H and O–H groups in total. The number of ether oxygens (including phenoxy) is 1. The maximum atomic E-state index is 5.25. The Hall–Kier alpha value is -2.42. The van der Waals surface area contributed by atoms with Crippen LogP contribution in [0, 0.1) is 6.92 Å².